The van der Waals surface area contributed by atoms with E-state index in [0.29, 0.717) is 18.3 Å². The van der Waals surface area contributed by atoms with Crippen molar-refractivity contribution in [1.82, 2.24) is 0 Å². The highest BCUT2D eigenvalue weighted by molar-refractivity contribution is 5.58. The summed E-state index contributed by atoms with van der Waals surface area (Å²) >= 11 is 0. The molecule has 0 amide bonds. The second-order valence-corrected chi connectivity index (χ2v) is 11.3. The number of hydrogen-bond acceptors (Lipinski definition) is 3. The predicted octanol–water partition coefficient (Wildman–Crippen LogP) is 7.81. The molecule has 32 heavy (non-hydrogen) atoms. The molecule has 3 nitrogen and oxygen atoms in total. The van der Waals surface area contributed by atoms with Gasteiger partial charge in [-0.3, -0.25) is 0 Å². The lowest BCUT2D eigenvalue weighted by Crippen LogP contribution is -2.37. The largest absolute Gasteiger partial charge is 0.507 e. The minimum absolute atomic E-state index is 0.0897. The second kappa shape index (κ2) is 12.3. The molecule has 0 bridgehead atoms. The van der Waals surface area contributed by atoms with Gasteiger partial charge in [-0.15, -0.1) is 0 Å². The van der Waals surface area contributed by atoms with Gasteiger partial charge in [-0.1, -0.05) is 59.3 Å². The zero-order chi connectivity index (χ0) is 23.9. The number of aromatic hydroxyl groups is 1. The van der Waals surface area contributed by atoms with E-state index in [1.54, 1.807) is 0 Å². The van der Waals surface area contributed by atoms with Gasteiger partial charge >= 0.3 is 0 Å². The minimum Gasteiger partial charge on any atom is -0.507 e. The summed E-state index contributed by atoms with van der Waals surface area (Å²) in [5.74, 6) is 3.50. The van der Waals surface area contributed by atoms with Crippen LogP contribution in [0.2, 0.25) is 0 Å². The van der Waals surface area contributed by atoms with Crippen LogP contribution in [0.4, 0.5) is 0 Å². The molecule has 184 valence electrons. The Morgan fingerprint density at radius 1 is 0.812 bits per heavy atom. The first-order valence-electron chi connectivity index (χ1n) is 13.2. The van der Waals surface area contributed by atoms with E-state index >= 15 is 0 Å². The topological polar surface area (TPSA) is 49.7 Å². The van der Waals surface area contributed by atoms with Crippen molar-refractivity contribution < 1.29 is 14.9 Å². The number of fused-ring (bicyclic) bond motifs is 1. The molecule has 0 fully saturated rings. The Morgan fingerprint density at radius 3 is 1.91 bits per heavy atom. The lowest BCUT2D eigenvalue weighted by Gasteiger charge is -2.38. The monoisotopic (exact) mass is 446 g/mol. The van der Waals surface area contributed by atoms with Gasteiger partial charge in [-0.25, -0.2) is 0 Å². The van der Waals surface area contributed by atoms with E-state index in [9.17, 15) is 5.11 Å². The lowest BCUT2D eigenvalue weighted by molar-refractivity contribution is 0.0512. The Morgan fingerprint density at radius 2 is 1.34 bits per heavy atom. The molecule has 0 radical (unpaired) electrons. The molecule has 0 saturated heterocycles. The average Bonchev–Trinajstić information content (AvgIpc) is 2.75. The number of aliphatic hydroxyl groups excluding tert-OH is 1. The first kappa shape index (κ1) is 27.0. The molecule has 2 rings (SSSR count). The van der Waals surface area contributed by atoms with E-state index < -0.39 is 0 Å². The number of rotatable bonds is 13. The van der Waals surface area contributed by atoms with Crippen LogP contribution >= 0.6 is 0 Å². The minimum atomic E-state index is -0.0897. The van der Waals surface area contributed by atoms with Crippen LogP contribution in [0.15, 0.2) is 0 Å². The molecule has 1 aliphatic heterocycles. The molecule has 1 unspecified atom stereocenters. The van der Waals surface area contributed by atoms with Crippen LogP contribution in [0.25, 0.3) is 0 Å². The van der Waals surface area contributed by atoms with E-state index in [-0.39, 0.29) is 5.60 Å². The van der Waals surface area contributed by atoms with Gasteiger partial charge in [0.2, 0.25) is 0 Å². The van der Waals surface area contributed by atoms with Crippen molar-refractivity contribution in [2.75, 3.05) is 6.61 Å². The first-order valence-corrected chi connectivity index (χ1v) is 13.2. The summed E-state index contributed by atoms with van der Waals surface area (Å²) in [6.45, 7) is 15.6. The van der Waals surface area contributed by atoms with Crippen LogP contribution in [-0.4, -0.2) is 22.4 Å². The molecule has 0 aromatic heterocycles. The number of aliphatic hydroxyl groups is 1. The molecular weight excluding hydrogens is 396 g/mol. The molecular formula is C29H50O3. The van der Waals surface area contributed by atoms with Gasteiger partial charge in [0, 0.05) is 12.2 Å². The van der Waals surface area contributed by atoms with Gasteiger partial charge in [-0.2, -0.15) is 0 Å². The summed E-state index contributed by atoms with van der Waals surface area (Å²) < 4.78 is 6.60. The van der Waals surface area contributed by atoms with Crippen LogP contribution in [0, 0.1) is 38.5 Å². The molecule has 1 heterocycles. The fourth-order valence-electron chi connectivity index (χ4n) is 5.30. The third-order valence-corrected chi connectivity index (χ3v) is 8.09. The summed E-state index contributed by atoms with van der Waals surface area (Å²) in [6.07, 6.45) is 13.3. The standard InChI is InChI=1S/C29H50O3/c1-20(13-9-14-22(3)19-30)11-8-12-21(2)15-10-17-29(7)18-16-26-25(6)27(31)23(4)24(5)28(26)32-29/h20-22,30-31H,8-19H2,1-7H3/t20-,21-,22?,29-/m1/s1. The first-order chi connectivity index (χ1) is 15.1. The molecule has 3 heteroatoms. The molecule has 1 aliphatic rings. The van der Waals surface area contributed by atoms with Crippen molar-refractivity contribution >= 4 is 0 Å². The van der Waals surface area contributed by atoms with Crippen LogP contribution in [0.1, 0.15) is 114 Å². The van der Waals surface area contributed by atoms with Gasteiger partial charge in [0.15, 0.2) is 0 Å². The summed E-state index contributed by atoms with van der Waals surface area (Å²) in [7, 11) is 0. The molecule has 2 N–H and O–H groups in total. The number of phenols is 1. The van der Waals surface area contributed by atoms with Crippen molar-refractivity contribution in [1.29, 1.82) is 0 Å². The highest BCUT2D eigenvalue weighted by Gasteiger charge is 2.34. The van der Waals surface area contributed by atoms with Crippen molar-refractivity contribution in [3.63, 3.8) is 0 Å². The van der Waals surface area contributed by atoms with E-state index in [4.69, 9.17) is 9.84 Å². The van der Waals surface area contributed by atoms with Gasteiger partial charge in [-0.05, 0) is 94.2 Å². The highest BCUT2D eigenvalue weighted by atomic mass is 16.5. The second-order valence-electron chi connectivity index (χ2n) is 11.3. The SMILES string of the molecule is Cc1c(C)c2c(c(C)c1O)CC[C@@](C)(CCC[C@H](C)CCC[C@@H](C)CCCC(C)CO)O2. The van der Waals surface area contributed by atoms with Gasteiger partial charge < -0.3 is 14.9 Å². The van der Waals surface area contributed by atoms with Crippen molar-refractivity contribution in [3.8, 4) is 11.5 Å². The summed E-state index contributed by atoms with van der Waals surface area (Å²) in [5, 5.41) is 19.5. The van der Waals surface area contributed by atoms with Crippen molar-refractivity contribution in [3.05, 3.63) is 22.3 Å². The number of benzene rings is 1. The summed E-state index contributed by atoms with van der Waals surface area (Å²) in [6, 6.07) is 0. The molecule has 0 spiro atoms. The normalized spacial score (nSPS) is 21.0. The van der Waals surface area contributed by atoms with Crippen molar-refractivity contribution in [2.45, 2.75) is 125 Å². The van der Waals surface area contributed by atoms with Crippen molar-refractivity contribution in [2.24, 2.45) is 17.8 Å². The zero-order valence-electron chi connectivity index (χ0n) is 22.0. The highest BCUT2D eigenvalue weighted by Crippen LogP contribution is 2.44. The van der Waals surface area contributed by atoms with Crippen LogP contribution in [0.5, 0.6) is 11.5 Å². The Bertz CT molecular complexity index is 726. The molecule has 4 atom stereocenters. The van der Waals surface area contributed by atoms with E-state index in [2.05, 4.69) is 34.6 Å². The third-order valence-electron chi connectivity index (χ3n) is 8.09. The third kappa shape index (κ3) is 7.40. The lowest BCUT2D eigenvalue weighted by atomic mass is 9.84. The molecule has 1 aromatic carbocycles. The summed E-state index contributed by atoms with van der Waals surface area (Å²) in [5.41, 5.74) is 4.17. The quantitative estimate of drug-likeness (QED) is 0.325. The smallest absolute Gasteiger partial charge is 0.127 e. The Hall–Kier alpha value is -1.22. The maximum Gasteiger partial charge on any atom is 0.127 e. The fourth-order valence-corrected chi connectivity index (χ4v) is 5.30. The molecule has 1 aromatic rings. The van der Waals surface area contributed by atoms with Gasteiger partial charge in [0.1, 0.15) is 17.1 Å². The van der Waals surface area contributed by atoms with Crippen LogP contribution < -0.4 is 4.74 Å². The number of ether oxygens (including phenoxy) is 1. The van der Waals surface area contributed by atoms with E-state index in [1.165, 1.54) is 50.5 Å². The zero-order valence-corrected chi connectivity index (χ0v) is 22.0. The van der Waals surface area contributed by atoms with Gasteiger partial charge in [0.25, 0.3) is 0 Å². The van der Waals surface area contributed by atoms with Crippen LogP contribution in [-0.2, 0) is 6.42 Å². The van der Waals surface area contributed by atoms with Gasteiger partial charge in [0.05, 0.1) is 0 Å². The fraction of sp³-hybridized carbons (Fsp3) is 0.793. The summed E-state index contributed by atoms with van der Waals surface area (Å²) in [4.78, 5) is 0. The van der Waals surface area contributed by atoms with E-state index in [0.717, 1.165) is 60.0 Å². The Balaban J connectivity index is 1.71. The molecule has 0 aliphatic carbocycles. The Kier molecular flexibility index (Phi) is 10.4. The maximum absolute atomic E-state index is 10.4. The maximum atomic E-state index is 10.4. The van der Waals surface area contributed by atoms with E-state index in [1.807, 2.05) is 13.8 Å². The van der Waals surface area contributed by atoms with Crippen LogP contribution in [0.3, 0.4) is 0 Å². The number of hydrogen-bond donors (Lipinski definition) is 2. The number of phenolic OH excluding ortho intramolecular Hbond substituents is 1. The Labute approximate surface area is 198 Å². The predicted molar refractivity (Wildman–Crippen MR) is 136 cm³/mol. The average molecular weight is 447 g/mol. The molecule has 0 saturated carbocycles.